The molecule has 0 spiro atoms. The summed E-state index contributed by atoms with van der Waals surface area (Å²) in [6.07, 6.45) is 1.22. The minimum absolute atomic E-state index is 0.0271. The van der Waals surface area contributed by atoms with Crippen LogP contribution in [0.25, 0.3) is 0 Å². The molecular weight excluding hydrogens is 176 g/mol. The van der Waals surface area contributed by atoms with Crippen LogP contribution in [0.15, 0.2) is 24.3 Å². The number of amides is 1. The Morgan fingerprint density at radius 1 is 1.36 bits per heavy atom. The largest absolute Gasteiger partial charge is 0.330 e. The van der Waals surface area contributed by atoms with Crippen LogP contribution >= 0.6 is 0 Å². The Bertz CT molecular complexity index is 293. The third-order valence-corrected chi connectivity index (χ3v) is 1.94. The highest BCUT2D eigenvalue weighted by atomic mass is 16.1. The van der Waals surface area contributed by atoms with Gasteiger partial charge in [0.15, 0.2) is 0 Å². The van der Waals surface area contributed by atoms with Crippen LogP contribution in [-0.4, -0.2) is 12.5 Å². The maximum atomic E-state index is 11.3. The van der Waals surface area contributed by atoms with Gasteiger partial charge in [-0.15, -0.1) is 0 Å². The summed E-state index contributed by atoms with van der Waals surface area (Å²) in [5.41, 5.74) is 7.34. The molecule has 0 aliphatic rings. The lowest BCUT2D eigenvalue weighted by atomic mass is 10.2. The van der Waals surface area contributed by atoms with Crippen molar-refractivity contribution in [3.05, 3.63) is 29.8 Å². The van der Waals surface area contributed by atoms with Crippen molar-refractivity contribution in [2.75, 3.05) is 11.9 Å². The van der Waals surface area contributed by atoms with Crippen LogP contribution in [0, 0.1) is 6.92 Å². The molecule has 3 nitrogen and oxygen atoms in total. The molecule has 0 bridgehead atoms. The van der Waals surface area contributed by atoms with E-state index < -0.39 is 0 Å². The van der Waals surface area contributed by atoms with E-state index in [4.69, 9.17) is 5.73 Å². The fourth-order valence-electron chi connectivity index (χ4n) is 1.12. The second-order valence-electron chi connectivity index (χ2n) is 3.31. The summed E-state index contributed by atoms with van der Waals surface area (Å²) < 4.78 is 0. The van der Waals surface area contributed by atoms with Crippen molar-refractivity contribution in [3.63, 3.8) is 0 Å². The number of benzene rings is 1. The molecule has 76 valence electrons. The molecule has 0 radical (unpaired) electrons. The number of hydrogen-bond donors (Lipinski definition) is 2. The summed E-state index contributed by atoms with van der Waals surface area (Å²) in [5, 5.41) is 2.81. The Morgan fingerprint density at radius 3 is 2.57 bits per heavy atom. The van der Waals surface area contributed by atoms with Crippen molar-refractivity contribution in [1.29, 1.82) is 0 Å². The summed E-state index contributed by atoms with van der Waals surface area (Å²) in [5.74, 6) is 0.0271. The predicted molar refractivity (Wildman–Crippen MR) is 58.1 cm³/mol. The van der Waals surface area contributed by atoms with Crippen LogP contribution in [0.3, 0.4) is 0 Å². The lowest BCUT2D eigenvalue weighted by Gasteiger charge is -2.04. The summed E-state index contributed by atoms with van der Waals surface area (Å²) >= 11 is 0. The molecule has 1 amide bonds. The molecule has 1 rings (SSSR count). The smallest absolute Gasteiger partial charge is 0.224 e. The normalized spacial score (nSPS) is 9.86. The highest BCUT2D eigenvalue weighted by Crippen LogP contribution is 2.08. The fourth-order valence-corrected chi connectivity index (χ4v) is 1.12. The van der Waals surface area contributed by atoms with E-state index in [-0.39, 0.29) is 5.91 Å². The first-order chi connectivity index (χ1) is 6.72. The Balaban J connectivity index is 2.44. The van der Waals surface area contributed by atoms with Gasteiger partial charge >= 0.3 is 0 Å². The number of anilines is 1. The van der Waals surface area contributed by atoms with Crippen molar-refractivity contribution in [2.45, 2.75) is 19.8 Å². The van der Waals surface area contributed by atoms with E-state index in [1.165, 1.54) is 5.56 Å². The number of hydrogen-bond acceptors (Lipinski definition) is 2. The summed E-state index contributed by atoms with van der Waals surface area (Å²) in [6.45, 7) is 2.57. The molecule has 3 N–H and O–H groups in total. The molecule has 1 aromatic carbocycles. The first-order valence-electron chi connectivity index (χ1n) is 4.79. The van der Waals surface area contributed by atoms with Gasteiger partial charge in [-0.2, -0.15) is 0 Å². The van der Waals surface area contributed by atoms with E-state index in [9.17, 15) is 4.79 Å². The van der Waals surface area contributed by atoms with Crippen molar-refractivity contribution >= 4 is 11.6 Å². The SMILES string of the molecule is Cc1ccc(NC(=O)CCCN)cc1. The molecule has 0 fully saturated rings. The number of nitrogens with two attached hydrogens (primary N) is 1. The highest BCUT2D eigenvalue weighted by molar-refractivity contribution is 5.90. The second-order valence-corrected chi connectivity index (χ2v) is 3.31. The van der Waals surface area contributed by atoms with E-state index in [1.54, 1.807) is 0 Å². The third kappa shape index (κ3) is 3.58. The molecule has 0 saturated carbocycles. The van der Waals surface area contributed by atoms with Crippen LogP contribution < -0.4 is 11.1 Å². The molecule has 0 aliphatic heterocycles. The number of carbonyl (C=O) groups excluding carboxylic acids is 1. The Labute approximate surface area is 84.3 Å². The first kappa shape index (κ1) is 10.7. The van der Waals surface area contributed by atoms with Crippen LogP contribution in [0.2, 0.25) is 0 Å². The third-order valence-electron chi connectivity index (χ3n) is 1.94. The van der Waals surface area contributed by atoms with Gasteiger partial charge in [0.05, 0.1) is 0 Å². The number of aryl methyl sites for hydroxylation is 1. The van der Waals surface area contributed by atoms with Crippen LogP contribution in [-0.2, 0) is 4.79 Å². The van der Waals surface area contributed by atoms with Gasteiger partial charge in [0.2, 0.25) is 5.91 Å². The summed E-state index contributed by atoms with van der Waals surface area (Å²) in [6, 6.07) is 7.74. The number of carbonyl (C=O) groups is 1. The van der Waals surface area contributed by atoms with Gasteiger partial charge < -0.3 is 11.1 Å². The van der Waals surface area contributed by atoms with Crippen LogP contribution in [0.5, 0.6) is 0 Å². The van der Waals surface area contributed by atoms with E-state index >= 15 is 0 Å². The zero-order chi connectivity index (χ0) is 10.4. The maximum Gasteiger partial charge on any atom is 0.224 e. The van der Waals surface area contributed by atoms with Crippen molar-refractivity contribution in [1.82, 2.24) is 0 Å². The maximum absolute atomic E-state index is 11.3. The molecular formula is C11H16N2O. The topological polar surface area (TPSA) is 55.1 Å². The number of rotatable bonds is 4. The molecule has 0 heterocycles. The lowest BCUT2D eigenvalue weighted by molar-refractivity contribution is -0.116. The monoisotopic (exact) mass is 192 g/mol. The van der Waals surface area contributed by atoms with E-state index in [2.05, 4.69) is 5.32 Å². The molecule has 0 saturated heterocycles. The highest BCUT2D eigenvalue weighted by Gasteiger charge is 2.00. The predicted octanol–water partition coefficient (Wildman–Crippen LogP) is 1.67. The zero-order valence-electron chi connectivity index (χ0n) is 8.42. The zero-order valence-corrected chi connectivity index (χ0v) is 8.42. The van der Waals surface area contributed by atoms with Crippen LogP contribution in [0.1, 0.15) is 18.4 Å². The minimum Gasteiger partial charge on any atom is -0.330 e. The van der Waals surface area contributed by atoms with Gasteiger partial charge in [-0.1, -0.05) is 17.7 Å². The van der Waals surface area contributed by atoms with E-state index in [0.717, 1.165) is 12.1 Å². The molecule has 3 heteroatoms. The fraction of sp³-hybridized carbons (Fsp3) is 0.364. The van der Waals surface area contributed by atoms with E-state index in [0.29, 0.717) is 13.0 Å². The molecule has 1 aromatic rings. The molecule has 0 atom stereocenters. The second kappa shape index (κ2) is 5.40. The molecule has 14 heavy (non-hydrogen) atoms. The Morgan fingerprint density at radius 2 is 2.00 bits per heavy atom. The molecule has 0 aliphatic carbocycles. The average molecular weight is 192 g/mol. The van der Waals surface area contributed by atoms with Gasteiger partial charge in [-0.25, -0.2) is 0 Å². The van der Waals surface area contributed by atoms with Crippen molar-refractivity contribution in [2.24, 2.45) is 5.73 Å². The summed E-state index contributed by atoms with van der Waals surface area (Å²) in [7, 11) is 0. The van der Waals surface area contributed by atoms with Gasteiger partial charge in [-0.3, -0.25) is 4.79 Å². The van der Waals surface area contributed by atoms with Gasteiger partial charge in [0, 0.05) is 12.1 Å². The standard InChI is InChI=1S/C11H16N2O/c1-9-4-6-10(7-5-9)13-11(14)3-2-8-12/h4-7H,2-3,8,12H2,1H3,(H,13,14). The van der Waals surface area contributed by atoms with Gasteiger partial charge in [-0.05, 0) is 32.0 Å². The molecule has 0 unspecified atom stereocenters. The van der Waals surface area contributed by atoms with Crippen molar-refractivity contribution < 1.29 is 4.79 Å². The van der Waals surface area contributed by atoms with Gasteiger partial charge in [0.25, 0.3) is 0 Å². The average Bonchev–Trinajstić information content (AvgIpc) is 2.18. The van der Waals surface area contributed by atoms with Gasteiger partial charge in [0.1, 0.15) is 0 Å². The lowest BCUT2D eigenvalue weighted by Crippen LogP contribution is -2.13. The minimum atomic E-state index is 0.0271. The quantitative estimate of drug-likeness (QED) is 0.762. The Kier molecular flexibility index (Phi) is 4.13. The van der Waals surface area contributed by atoms with Crippen molar-refractivity contribution in [3.8, 4) is 0 Å². The van der Waals surface area contributed by atoms with Crippen LogP contribution in [0.4, 0.5) is 5.69 Å². The number of nitrogens with one attached hydrogen (secondary N) is 1. The Hall–Kier alpha value is -1.35. The molecule has 0 aromatic heterocycles. The first-order valence-corrected chi connectivity index (χ1v) is 4.79. The summed E-state index contributed by atoms with van der Waals surface area (Å²) in [4.78, 5) is 11.3. The van der Waals surface area contributed by atoms with E-state index in [1.807, 2.05) is 31.2 Å².